The number of carboxylic acid groups (broad SMARTS) is 1. The Kier molecular flexibility index (Phi) is 5.68. The van der Waals surface area contributed by atoms with E-state index in [0.29, 0.717) is 32.6 Å². The summed E-state index contributed by atoms with van der Waals surface area (Å²) in [6.07, 6.45) is 2.33. The smallest absolute Gasteiger partial charge is 0.324 e. The fourth-order valence-electron chi connectivity index (χ4n) is 2.91. The minimum absolute atomic E-state index is 0.00823. The molecule has 0 bridgehead atoms. The number of aryl methyl sites for hydroxylation is 1. The summed E-state index contributed by atoms with van der Waals surface area (Å²) >= 11 is 0. The topological polar surface area (TPSA) is 85.8 Å². The number of carbonyl (C=O) groups is 2. The number of hydrogen-bond donors (Lipinski definition) is 2. The predicted molar refractivity (Wildman–Crippen MR) is 99.4 cm³/mol. The van der Waals surface area contributed by atoms with Gasteiger partial charge in [0.15, 0.2) is 0 Å². The van der Waals surface area contributed by atoms with E-state index in [4.69, 9.17) is 5.11 Å². The average Bonchev–Trinajstić information content (AvgIpc) is 3.02. The van der Waals surface area contributed by atoms with Crippen LogP contribution in [-0.4, -0.2) is 53.2 Å². The molecule has 2 aromatic rings. The number of aromatic nitrogens is 1. The van der Waals surface area contributed by atoms with E-state index in [9.17, 15) is 9.59 Å². The van der Waals surface area contributed by atoms with Crippen LogP contribution in [0.15, 0.2) is 48.7 Å². The van der Waals surface area contributed by atoms with Gasteiger partial charge in [-0.05, 0) is 36.2 Å². The number of pyridine rings is 1. The van der Waals surface area contributed by atoms with Crippen LogP contribution in [0.25, 0.3) is 0 Å². The van der Waals surface area contributed by atoms with E-state index < -0.39 is 5.97 Å². The first-order valence-electron chi connectivity index (χ1n) is 8.65. The quantitative estimate of drug-likeness (QED) is 0.760. The monoisotopic (exact) mass is 354 g/mol. The van der Waals surface area contributed by atoms with Crippen LogP contribution in [0.5, 0.6) is 0 Å². The Hall–Kier alpha value is -3.09. The molecule has 0 aliphatic carbocycles. The Labute approximate surface area is 152 Å². The third-order valence-corrected chi connectivity index (χ3v) is 4.32. The second-order valence-corrected chi connectivity index (χ2v) is 6.12. The highest BCUT2D eigenvalue weighted by Crippen LogP contribution is 2.21. The van der Waals surface area contributed by atoms with Gasteiger partial charge in [0.05, 0.1) is 0 Å². The number of carboxylic acids is 1. The highest BCUT2D eigenvalue weighted by atomic mass is 16.4. The standard InChI is InChI=1S/C19H22N4O3/c24-18(25)9-6-15-4-7-16(8-5-15)23-14-13-22(19(23)26)12-11-21-17-3-1-2-10-20-17/h1-5,7-8,10H,6,9,11-14H2,(H,20,21)(H,24,25). The molecule has 0 saturated carbocycles. The molecule has 1 aliphatic heterocycles. The predicted octanol–water partition coefficient (Wildman–Crippen LogP) is 2.45. The summed E-state index contributed by atoms with van der Waals surface area (Å²) in [7, 11) is 0. The van der Waals surface area contributed by atoms with E-state index in [0.717, 1.165) is 17.1 Å². The summed E-state index contributed by atoms with van der Waals surface area (Å²) in [6, 6.07) is 13.2. The summed E-state index contributed by atoms with van der Waals surface area (Å²) in [5.74, 6) is -0.00768. The number of nitrogens with zero attached hydrogens (tertiary/aromatic N) is 3. The Morgan fingerprint density at radius 1 is 1.15 bits per heavy atom. The van der Waals surface area contributed by atoms with Crippen LogP contribution < -0.4 is 10.2 Å². The molecule has 0 spiro atoms. The van der Waals surface area contributed by atoms with Gasteiger partial charge in [-0.3, -0.25) is 9.69 Å². The van der Waals surface area contributed by atoms with Crippen LogP contribution in [0.3, 0.4) is 0 Å². The number of urea groups is 1. The second-order valence-electron chi connectivity index (χ2n) is 6.12. The first-order valence-corrected chi connectivity index (χ1v) is 8.65. The first-order chi connectivity index (χ1) is 12.6. The Morgan fingerprint density at radius 2 is 1.96 bits per heavy atom. The maximum atomic E-state index is 12.6. The maximum absolute atomic E-state index is 12.6. The van der Waals surface area contributed by atoms with Crippen LogP contribution >= 0.6 is 0 Å². The molecule has 1 aliphatic rings. The highest BCUT2D eigenvalue weighted by Gasteiger charge is 2.28. The number of rotatable bonds is 8. The van der Waals surface area contributed by atoms with E-state index in [1.54, 1.807) is 11.1 Å². The molecule has 1 saturated heterocycles. The summed E-state index contributed by atoms with van der Waals surface area (Å²) in [5, 5.41) is 11.9. The van der Waals surface area contributed by atoms with Gasteiger partial charge in [-0.25, -0.2) is 9.78 Å². The fraction of sp³-hybridized carbons (Fsp3) is 0.316. The Balaban J connectivity index is 1.51. The minimum Gasteiger partial charge on any atom is -0.481 e. The number of hydrogen-bond acceptors (Lipinski definition) is 4. The third kappa shape index (κ3) is 4.50. The normalized spacial score (nSPS) is 13.9. The molecular formula is C19H22N4O3. The van der Waals surface area contributed by atoms with Crippen LogP contribution in [0, 0.1) is 0 Å². The van der Waals surface area contributed by atoms with Gasteiger partial charge in [-0.1, -0.05) is 18.2 Å². The van der Waals surface area contributed by atoms with Crippen molar-refractivity contribution in [2.75, 3.05) is 36.4 Å². The van der Waals surface area contributed by atoms with Crippen LogP contribution in [-0.2, 0) is 11.2 Å². The molecule has 2 heterocycles. The van der Waals surface area contributed by atoms with E-state index in [2.05, 4.69) is 10.3 Å². The van der Waals surface area contributed by atoms with Gasteiger partial charge in [-0.15, -0.1) is 0 Å². The number of aliphatic carboxylic acids is 1. The molecular weight excluding hydrogens is 332 g/mol. The molecule has 2 amide bonds. The molecule has 0 unspecified atom stereocenters. The van der Waals surface area contributed by atoms with Gasteiger partial charge in [0.2, 0.25) is 0 Å². The molecule has 0 radical (unpaired) electrons. The zero-order valence-electron chi connectivity index (χ0n) is 14.5. The largest absolute Gasteiger partial charge is 0.481 e. The van der Waals surface area contributed by atoms with Crippen molar-refractivity contribution < 1.29 is 14.7 Å². The number of nitrogens with one attached hydrogen (secondary N) is 1. The van der Waals surface area contributed by atoms with Crippen LogP contribution in [0.1, 0.15) is 12.0 Å². The second kappa shape index (κ2) is 8.33. The van der Waals surface area contributed by atoms with Crippen molar-refractivity contribution in [2.24, 2.45) is 0 Å². The van der Waals surface area contributed by atoms with Crippen molar-refractivity contribution >= 4 is 23.5 Å². The van der Waals surface area contributed by atoms with Gasteiger partial charge < -0.3 is 15.3 Å². The first kappa shape index (κ1) is 17.7. The van der Waals surface area contributed by atoms with E-state index in [1.807, 2.05) is 47.4 Å². The molecule has 1 fully saturated rings. The Morgan fingerprint density at radius 3 is 2.65 bits per heavy atom. The van der Waals surface area contributed by atoms with Crippen LogP contribution in [0.4, 0.5) is 16.3 Å². The SMILES string of the molecule is O=C(O)CCc1ccc(N2CCN(CCNc3ccccn3)C2=O)cc1. The lowest BCUT2D eigenvalue weighted by Crippen LogP contribution is -2.34. The highest BCUT2D eigenvalue weighted by molar-refractivity contribution is 5.94. The van der Waals surface area contributed by atoms with Gasteiger partial charge in [0.25, 0.3) is 0 Å². The summed E-state index contributed by atoms with van der Waals surface area (Å²) in [4.78, 5) is 31.0. The average molecular weight is 354 g/mol. The summed E-state index contributed by atoms with van der Waals surface area (Å²) < 4.78 is 0. The van der Waals surface area contributed by atoms with Crippen molar-refractivity contribution in [3.05, 3.63) is 54.2 Å². The van der Waals surface area contributed by atoms with Gasteiger partial charge in [0, 0.05) is 44.5 Å². The van der Waals surface area contributed by atoms with E-state index >= 15 is 0 Å². The van der Waals surface area contributed by atoms with Crippen LogP contribution in [0.2, 0.25) is 0 Å². The lowest BCUT2D eigenvalue weighted by atomic mass is 10.1. The van der Waals surface area contributed by atoms with E-state index in [1.165, 1.54) is 0 Å². The third-order valence-electron chi connectivity index (χ3n) is 4.32. The van der Waals surface area contributed by atoms with Crippen molar-refractivity contribution in [2.45, 2.75) is 12.8 Å². The minimum atomic E-state index is -0.807. The molecule has 7 heteroatoms. The van der Waals surface area contributed by atoms with E-state index in [-0.39, 0.29) is 12.5 Å². The van der Waals surface area contributed by atoms with Crippen molar-refractivity contribution in [1.82, 2.24) is 9.88 Å². The fourth-order valence-corrected chi connectivity index (χ4v) is 2.91. The van der Waals surface area contributed by atoms with Gasteiger partial charge >= 0.3 is 12.0 Å². The number of anilines is 2. The zero-order valence-corrected chi connectivity index (χ0v) is 14.5. The molecule has 7 nitrogen and oxygen atoms in total. The molecule has 26 heavy (non-hydrogen) atoms. The van der Waals surface area contributed by atoms with Crippen molar-refractivity contribution in [1.29, 1.82) is 0 Å². The summed E-state index contributed by atoms with van der Waals surface area (Å²) in [5.41, 5.74) is 1.80. The Bertz CT molecular complexity index is 749. The number of benzene rings is 1. The number of carbonyl (C=O) groups excluding carboxylic acids is 1. The van der Waals surface area contributed by atoms with Gasteiger partial charge in [-0.2, -0.15) is 0 Å². The molecule has 136 valence electrons. The summed E-state index contributed by atoms with van der Waals surface area (Å²) in [6.45, 7) is 2.59. The van der Waals surface area contributed by atoms with Crippen molar-refractivity contribution in [3.63, 3.8) is 0 Å². The number of amides is 2. The maximum Gasteiger partial charge on any atom is 0.324 e. The van der Waals surface area contributed by atoms with Gasteiger partial charge in [0.1, 0.15) is 5.82 Å². The molecule has 0 atom stereocenters. The molecule has 3 rings (SSSR count). The molecule has 1 aromatic carbocycles. The zero-order chi connectivity index (χ0) is 18.4. The van der Waals surface area contributed by atoms with Crippen molar-refractivity contribution in [3.8, 4) is 0 Å². The lowest BCUT2D eigenvalue weighted by molar-refractivity contribution is -0.136. The lowest BCUT2D eigenvalue weighted by Gasteiger charge is -2.19. The molecule has 1 aromatic heterocycles. The molecule has 2 N–H and O–H groups in total.